The molecule has 1 heterocycles. The summed E-state index contributed by atoms with van der Waals surface area (Å²) in [4.78, 5) is 17.1. The number of benzene rings is 2. The van der Waals surface area contributed by atoms with E-state index in [0.29, 0.717) is 54.6 Å². The first-order valence-electron chi connectivity index (χ1n) is 13.8. The van der Waals surface area contributed by atoms with E-state index in [2.05, 4.69) is 4.72 Å². The minimum Gasteiger partial charge on any atom is -0.496 e. The lowest BCUT2D eigenvalue weighted by Crippen LogP contribution is -2.50. The first-order valence-corrected chi connectivity index (χ1v) is 15.3. The van der Waals surface area contributed by atoms with Gasteiger partial charge in [-0.1, -0.05) is 38.4 Å². The monoisotopic (exact) mass is 615 g/mol. The molecule has 0 unspecified atom stereocenters. The van der Waals surface area contributed by atoms with Crippen LogP contribution in [-0.2, 0) is 28.4 Å². The number of alkyl halides is 3. The number of carbonyl (C=O) groups is 1. The molecule has 1 aliphatic rings. The number of hydrogen-bond acceptors (Lipinski definition) is 4. The summed E-state index contributed by atoms with van der Waals surface area (Å²) in [6, 6.07) is 8.56. The molecule has 3 atom stereocenters. The Morgan fingerprint density at radius 2 is 1.68 bits per heavy atom. The Morgan fingerprint density at radius 1 is 1.05 bits per heavy atom. The molecule has 1 fully saturated rings. The van der Waals surface area contributed by atoms with Gasteiger partial charge in [0.25, 0.3) is 0 Å². The Balaban J connectivity index is 1.81. The first-order chi connectivity index (χ1) is 19.0. The normalized spacial score (nSPS) is 17.0. The van der Waals surface area contributed by atoms with Crippen molar-refractivity contribution in [2.24, 2.45) is 11.8 Å². The van der Waals surface area contributed by atoms with E-state index in [4.69, 9.17) is 16.3 Å². The summed E-state index contributed by atoms with van der Waals surface area (Å²) in [6.07, 6.45) is -4.01. The van der Waals surface area contributed by atoms with Crippen molar-refractivity contribution in [3.05, 3.63) is 58.1 Å². The Bertz CT molecular complexity index is 1240. The number of anilines is 1. The van der Waals surface area contributed by atoms with Gasteiger partial charge in [0.05, 0.1) is 28.4 Å². The minimum atomic E-state index is -4.51. The van der Waals surface area contributed by atoms with Gasteiger partial charge in [-0.15, -0.1) is 0 Å². The molecule has 6 nitrogen and oxygen atoms in total. The van der Waals surface area contributed by atoms with Crippen LogP contribution in [0.4, 0.5) is 18.9 Å². The summed E-state index contributed by atoms with van der Waals surface area (Å²) in [6.45, 7) is 12.9. The fourth-order valence-corrected chi connectivity index (χ4v) is 6.05. The highest BCUT2D eigenvalue weighted by Gasteiger charge is 2.35. The van der Waals surface area contributed by atoms with Crippen LogP contribution in [0, 0.1) is 11.8 Å². The lowest BCUT2D eigenvalue weighted by Gasteiger charge is -2.39. The summed E-state index contributed by atoms with van der Waals surface area (Å²) in [5.74, 6) is 0.228. The van der Waals surface area contributed by atoms with E-state index in [-0.39, 0.29) is 17.7 Å². The molecule has 228 valence electrons. The number of nitrogens with one attached hydrogen (secondary N) is 1. The maximum absolute atomic E-state index is 13.7. The van der Waals surface area contributed by atoms with Gasteiger partial charge < -0.3 is 14.5 Å². The van der Waals surface area contributed by atoms with E-state index in [1.54, 1.807) is 24.1 Å². The second-order valence-electron chi connectivity index (χ2n) is 11.9. The van der Waals surface area contributed by atoms with Gasteiger partial charge in [0, 0.05) is 48.8 Å². The molecular formula is C30H41ClF3N3O3S. The van der Waals surface area contributed by atoms with Crippen LogP contribution in [0.15, 0.2) is 36.4 Å². The van der Waals surface area contributed by atoms with Crippen molar-refractivity contribution in [2.75, 3.05) is 38.2 Å². The summed E-state index contributed by atoms with van der Waals surface area (Å²) < 4.78 is 62.2. The molecule has 0 bridgehead atoms. The fraction of sp³-hybridized carbons (Fsp3) is 0.567. The first kappa shape index (κ1) is 33.2. The molecule has 1 saturated heterocycles. The summed E-state index contributed by atoms with van der Waals surface area (Å²) in [7, 11) is 0.0795. The van der Waals surface area contributed by atoms with Crippen molar-refractivity contribution in [3.63, 3.8) is 0 Å². The third-order valence-electron chi connectivity index (χ3n) is 7.28. The topological polar surface area (TPSA) is 61.9 Å². The average molecular weight is 616 g/mol. The predicted octanol–water partition coefficient (Wildman–Crippen LogP) is 6.64. The van der Waals surface area contributed by atoms with E-state index in [1.807, 2.05) is 52.5 Å². The zero-order chi connectivity index (χ0) is 30.7. The second kappa shape index (κ2) is 13.3. The van der Waals surface area contributed by atoms with Gasteiger partial charge in [0.1, 0.15) is 5.75 Å². The maximum Gasteiger partial charge on any atom is 0.416 e. The van der Waals surface area contributed by atoms with Crippen molar-refractivity contribution in [3.8, 4) is 5.75 Å². The molecule has 2 aromatic carbocycles. The van der Waals surface area contributed by atoms with Crippen molar-refractivity contribution in [2.45, 2.75) is 64.9 Å². The van der Waals surface area contributed by atoms with E-state index in [0.717, 1.165) is 11.6 Å². The number of ether oxygens (including phenoxy) is 1. The van der Waals surface area contributed by atoms with Crippen molar-refractivity contribution in [1.29, 1.82) is 0 Å². The molecule has 0 radical (unpaired) electrons. The van der Waals surface area contributed by atoms with E-state index < -0.39 is 33.5 Å². The molecule has 0 spiro atoms. The molecule has 0 aliphatic carbocycles. The Morgan fingerprint density at radius 3 is 2.22 bits per heavy atom. The quantitative estimate of drug-likeness (QED) is 0.343. The number of amides is 1. The minimum absolute atomic E-state index is 0.0107. The molecule has 2 aromatic rings. The molecule has 1 N–H and O–H groups in total. The number of methoxy groups -OCH3 is 1. The Hall–Kier alpha value is -2.30. The largest absolute Gasteiger partial charge is 0.496 e. The van der Waals surface area contributed by atoms with Crippen LogP contribution in [-0.4, -0.2) is 53.1 Å². The molecule has 3 rings (SSSR count). The fourth-order valence-electron chi connectivity index (χ4n) is 4.90. The summed E-state index contributed by atoms with van der Waals surface area (Å²) in [5.41, 5.74) is 1.26. The predicted molar refractivity (Wildman–Crippen MR) is 160 cm³/mol. The smallest absolute Gasteiger partial charge is 0.416 e. The number of hydrogen-bond donors (Lipinski definition) is 1. The van der Waals surface area contributed by atoms with E-state index in [9.17, 15) is 22.2 Å². The highest BCUT2D eigenvalue weighted by atomic mass is 35.5. The van der Waals surface area contributed by atoms with Gasteiger partial charge in [0.2, 0.25) is 5.91 Å². The zero-order valence-corrected chi connectivity index (χ0v) is 26.3. The van der Waals surface area contributed by atoms with Crippen LogP contribution in [0.25, 0.3) is 0 Å². The average Bonchev–Trinajstić information content (AvgIpc) is 2.90. The molecular weight excluding hydrogens is 575 g/mol. The number of rotatable bonds is 9. The van der Waals surface area contributed by atoms with Gasteiger partial charge in [0.15, 0.2) is 0 Å². The molecule has 41 heavy (non-hydrogen) atoms. The van der Waals surface area contributed by atoms with Gasteiger partial charge in [-0.2, -0.15) is 13.2 Å². The molecule has 0 aromatic heterocycles. The van der Waals surface area contributed by atoms with Crippen molar-refractivity contribution in [1.82, 2.24) is 9.62 Å². The van der Waals surface area contributed by atoms with Gasteiger partial charge in [-0.05, 0) is 74.6 Å². The van der Waals surface area contributed by atoms with Crippen LogP contribution in [0.3, 0.4) is 0 Å². The number of carbonyl (C=O) groups excluding carboxylic acids is 1. The number of halogens is 4. The maximum atomic E-state index is 13.7. The highest BCUT2D eigenvalue weighted by Crippen LogP contribution is 2.38. The van der Waals surface area contributed by atoms with Crippen LogP contribution < -0.4 is 14.4 Å². The van der Waals surface area contributed by atoms with Gasteiger partial charge >= 0.3 is 6.18 Å². The van der Waals surface area contributed by atoms with Crippen LogP contribution >= 0.6 is 11.6 Å². The van der Waals surface area contributed by atoms with E-state index in [1.165, 1.54) is 12.1 Å². The molecule has 0 saturated carbocycles. The summed E-state index contributed by atoms with van der Waals surface area (Å²) in [5, 5.41) is 0.558. The van der Waals surface area contributed by atoms with Gasteiger partial charge in [-0.25, -0.2) is 8.93 Å². The van der Waals surface area contributed by atoms with Crippen LogP contribution in [0.2, 0.25) is 5.02 Å². The van der Waals surface area contributed by atoms with Crippen LogP contribution in [0.1, 0.15) is 64.3 Å². The third kappa shape index (κ3) is 8.38. The molecule has 1 aliphatic heterocycles. The molecule has 1 amide bonds. The summed E-state index contributed by atoms with van der Waals surface area (Å²) >= 11 is 6.07. The van der Waals surface area contributed by atoms with Crippen molar-refractivity contribution < 1.29 is 26.9 Å². The zero-order valence-electron chi connectivity index (χ0n) is 24.8. The SMILES string of the molecule is COc1cc(Cl)ccc1C[C@@H](C)C(=O)N1CCN(c2ccc(C(F)(F)F)cc2[C@@H](N[S@@](=O)C(C)(C)C)C(C)C)CC1. The Kier molecular flexibility index (Phi) is 10.8. The Labute approximate surface area is 249 Å². The lowest BCUT2D eigenvalue weighted by atomic mass is 9.93. The molecule has 11 heteroatoms. The lowest BCUT2D eigenvalue weighted by molar-refractivity contribution is -0.137. The third-order valence-corrected chi connectivity index (χ3v) is 9.09. The highest BCUT2D eigenvalue weighted by molar-refractivity contribution is 7.84. The van der Waals surface area contributed by atoms with Crippen LogP contribution in [0.5, 0.6) is 5.75 Å². The number of nitrogens with zero attached hydrogens (tertiary/aromatic N) is 2. The standard InChI is InChI=1S/C30H41ClF3N3O3S/c1-19(2)27(35-41(39)29(4,5)6)24-17-22(30(32,33)34)9-11-25(24)36-12-14-37(15-13-36)28(38)20(3)16-21-8-10-23(31)18-26(21)40-7/h8-11,17-20,27,35H,12-16H2,1-7H3/t20-,27+,41+/m1/s1. The second-order valence-corrected chi connectivity index (χ2v) is 14.3. The van der Waals surface area contributed by atoms with Gasteiger partial charge in [-0.3, -0.25) is 4.79 Å². The van der Waals surface area contributed by atoms with E-state index >= 15 is 0 Å². The number of piperazine rings is 1. The van der Waals surface area contributed by atoms with Crippen molar-refractivity contribution >= 4 is 34.2 Å².